The van der Waals surface area contributed by atoms with Crippen molar-refractivity contribution in [1.29, 1.82) is 0 Å². The van der Waals surface area contributed by atoms with E-state index in [0.29, 0.717) is 18.7 Å². The molecule has 0 radical (unpaired) electrons. The fraction of sp³-hybridized carbons (Fsp3) is 0.529. The molecule has 8 nitrogen and oxygen atoms in total. The molecule has 1 atom stereocenters. The van der Waals surface area contributed by atoms with E-state index in [0.717, 1.165) is 29.7 Å². The van der Waals surface area contributed by atoms with Gasteiger partial charge < -0.3 is 10.0 Å². The van der Waals surface area contributed by atoms with Crippen molar-refractivity contribution in [1.82, 2.24) is 29.8 Å². The molecule has 0 aliphatic carbocycles. The van der Waals surface area contributed by atoms with Crippen molar-refractivity contribution in [3.63, 3.8) is 0 Å². The molecule has 8 heteroatoms. The summed E-state index contributed by atoms with van der Waals surface area (Å²) in [6, 6.07) is 2.21. The number of aromatic nitrogens is 6. The summed E-state index contributed by atoms with van der Waals surface area (Å²) in [5.74, 6) is 0. The van der Waals surface area contributed by atoms with E-state index in [1.54, 1.807) is 15.6 Å². The fourth-order valence-corrected chi connectivity index (χ4v) is 3.50. The molecule has 1 N–H and O–H groups in total. The van der Waals surface area contributed by atoms with E-state index in [1.165, 1.54) is 0 Å². The second-order valence-corrected chi connectivity index (χ2v) is 7.07. The summed E-state index contributed by atoms with van der Waals surface area (Å²) < 4.78 is 3.56. The Hall–Kier alpha value is -2.48. The van der Waals surface area contributed by atoms with E-state index in [4.69, 9.17) is 0 Å². The molecular formula is C17H23N7O. The molecule has 3 aromatic rings. The van der Waals surface area contributed by atoms with E-state index < -0.39 is 5.60 Å². The smallest absolute Gasteiger partial charge is 0.159 e. The van der Waals surface area contributed by atoms with Gasteiger partial charge in [-0.15, -0.1) is 5.10 Å². The fourth-order valence-electron chi connectivity index (χ4n) is 3.50. The van der Waals surface area contributed by atoms with E-state index in [1.807, 2.05) is 39.4 Å². The van der Waals surface area contributed by atoms with Crippen LogP contribution in [0.15, 0.2) is 24.7 Å². The highest BCUT2D eigenvalue weighted by atomic mass is 16.3. The molecule has 1 fully saturated rings. The number of hydrogen-bond donors (Lipinski definition) is 1. The molecule has 0 aromatic carbocycles. The number of piperidine rings is 1. The summed E-state index contributed by atoms with van der Waals surface area (Å²) in [6.45, 7) is 5.46. The van der Waals surface area contributed by atoms with Gasteiger partial charge in [0.25, 0.3) is 0 Å². The van der Waals surface area contributed by atoms with Gasteiger partial charge in [-0.05, 0) is 32.8 Å². The van der Waals surface area contributed by atoms with Crippen LogP contribution in [0.5, 0.6) is 0 Å². The van der Waals surface area contributed by atoms with Crippen LogP contribution < -0.4 is 4.90 Å². The molecule has 3 aromatic heterocycles. The van der Waals surface area contributed by atoms with Crippen molar-refractivity contribution in [2.45, 2.75) is 38.3 Å². The zero-order valence-electron chi connectivity index (χ0n) is 14.8. The van der Waals surface area contributed by atoms with Crippen LogP contribution in [0.25, 0.3) is 11.0 Å². The van der Waals surface area contributed by atoms with Gasteiger partial charge in [0.05, 0.1) is 30.0 Å². The van der Waals surface area contributed by atoms with Gasteiger partial charge in [0.2, 0.25) is 0 Å². The maximum absolute atomic E-state index is 11.3. The summed E-state index contributed by atoms with van der Waals surface area (Å²) in [5.41, 5.74) is 1.54. The number of rotatable bonds is 3. The van der Waals surface area contributed by atoms with E-state index in [9.17, 15) is 5.11 Å². The first kappa shape index (κ1) is 16.0. The van der Waals surface area contributed by atoms with Gasteiger partial charge in [0.15, 0.2) is 5.65 Å². The second-order valence-electron chi connectivity index (χ2n) is 7.07. The van der Waals surface area contributed by atoms with Crippen LogP contribution in [0.1, 0.15) is 38.4 Å². The average molecular weight is 341 g/mol. The first-order valence-electron chi connectivity index (χ1n) is 8.64. The summed E-state index contributed by atoms with van der Waals surface area (Å²) in [4.78, 5) is 6.60. The molecule has 132 valence electrons. The highest BCUT2D eigenvalue weighted by Crippen LogP contribution is 2.35. The van der Waals surface area contributed by atoms with Crippen molar-refractivity contribution >= 4 is 16.7 Å². The molecule has 0 amide bonds. The molecule has 1 aliphatic rings. The number of nitrogens with zero attached hydrogens (tertiary/aromatic N) is 7. The molecule has 4 heterocycles. The highest BCUT2D eigenvalue weighted by molar-refractivity contribution is 5.89. The van der Waals surface area contributed by atoms with Crippen molar-refractivity contribution in [2.24, 2.45) is 7.05 Å². The number of fused-ring (bicyclic) bond motifs is 1. The predicted molar refractivity (Wildman–Crippen MR) is 94.3 cm³/mol. The Bertz CT molecular complexity index is 899. The second kappa shape index (κ2) is 5.80. The highest BCUT2D eigenvalue weighted by Gasteiger charge is 2.38. The van der Waals surface area contributed by atoms with Gasteiger partial charge in [0, 0.05) is 25.8 Å². The third-order valence-corrected chi connectivity index (χ3v) is 4.94. The lowest BCUT2D eigenvalue weighted by molar-refractivity contribution is 0.0177. The zero-order valence-corrected chi connectivity index (χ0v) is 14.8. The Labute approximate surface area is 146 Å². The molecule has 25 heavy (non-hydrogen) atoms. The minimum atomic E-state index is -0.997. The number of hydrogen-bond acceptors (Lipinski definition) is 6. The predicted octanol–water partition coefficient (Wildman–Crippen LogP) is 1.63. The Morgan fingerprint density at radius 1 is 1.32 bits per heavy atom. The first-order valence-corrected chi connectivity index (χ1v) is 8.64. The minimum absolute atomic E-state index is 0.222. The largest absolute Gasteiger partial charge is 0.382 e. The van der Waals surface area contributed by atoms with Crippen LogP contribution in [-0.2, 0) is 12.6 Å². The van der Waals surface area contributed by atoms with Crippen LogP contribution in [0.2, 0.25) is 0 Å². The van der Waals surface area contributed by atoms with Gasteiger partial charge in [-0.3, -0.25) is 4.68 Å². The lowest BCUT2D eigenvalue weighted by Crippen LogP contribution is -2.46. The average Bonchev–Trinajstić information content (AvgIpc) is 3.23. The molecular weight excluding hydrogens is 318 g/mol. The van der Waals surface area contributed by atoms with Crippen LogP contribution in [-0.4, -0.2) is 48.0 Å². The van der Waals surface area contributed by atoms with E-state index in [2.05, 4.69) is 25.3 Å². The van der Waals surface area contributed by atoms with Crippen molar-refractivity contribution in [2.75, 3.05) is 18.0 Å². The molecule has 0 bridgehead atoms. The Morgan fingerprint density at radius 3 is 2.92 bits per heavy atom. The molecule has 4 rings (SSSR count). The maximum atomic E-state index is 11.3. The van der Waals surface area contributed by atoms with Gasteiger partial charge in [-0.2, -0.15) is 5.10 Å². The third-order valence-electron chi connectivity index (χ3n) is 4.94. The van der Waals surface area contributed by atoms with Gasteiger partial charge in [0.1, 0.15) is 11.3 Å². The van der Waals surface area contributed by atoms with Crippen LogP contribution in [0, 0.1) is 0 Å². The van der Waals surface area contributed by atoms with Gasteiger partial charge in [-0.1, -0.05) is 5.21 Å². The Kier molecular flexibility index (Phi) is 3.72. The molecule has 1 unspecified atom stereocenters. The Morgan fingerprint density at radius 2 is 2.16 bits per heavy atom. The van der Waals surface area contributed by atoms with Crippen LogP contribution in [0.4, 0.5) is 5.69 Å². The third kappa shape index (κ3) is 2.66. The van der Waals surface area contributed by atoms with Gasteiger partial charge in [-0.25, -0.2) is 9.67 Å². The summed E-state index contributed by atoms with van der Waals surface area (Å²) in [5, 5.41) is 24.9. The lowest BCUT2D eigenvalue weighted by atomic mass is 9.89. The summed E-state index contributed by atoms with van der Waals surface area (Å²) in [6.07, 6.45) is 7.06. The van der Waals surface area contributed by atoms with E-state index in [-0.39, 0.29) is 6.04 Å². The summed E-state index contributed by atoms with van der Waals surface area (Å²) >= 11 is 0. The van der Waals surface area contributed by atoms with E-state index >= 15 is 0 Å². The lowest BCUT2D eigenvalue weighted by Gasteiger charge is -2.39. The zero-order chi connectivity index (χ0) is 17.6. The van der Waals surface area contributed by atoms with Crippen LogP contribution >= 0.6 is 0 Å². The maximum Gasteiger partial charge on any atom is 0.159 e. The van der Waals surface area contributed by atoms with Crippen molar-refractivity contribution in [3.05, 3.63) is 30.4 Å². The molecule has 0 spiro atoms. The molecule has 0 saturated carbocycles. The topological polar surface area (TPSA) is 84.9 Å². The monoisotopic (exact) mass is 341 g/mol. The standard InChI is InChI=1S/C17H23N7O/c1-12(2)24-10-15(20-21-24)17(25)6-4-8-23(11-17)14-5-7-18-16-13(14)9-19-22(16)3/h5,7,9-10,12,25H,4,6,8,11H2,1-3H3. The first-order chi connectivity index (χ1) is 12.0. The summed E-state index contributed by atoms with van der Waals surface area (Å²) in [7, 11) is 1.88. The number of aryl methyl sites for hydroxylation is 1. The number of β-amino-alcohol motifs (C(OH)–C–C–N with tert-alkyl or cyclic N) is 1. The van der Waals surface area contributed by atoms with Gasteiger partial charge >= 0.3 is 0 Å². The SMILES string of the molecule is CC(C)n1cc(C2(O)CCCN(c3ccnc4c3cnn4C)C2)nn1. The quantitative estimate of drug-likeness (QED) is 0.779. The Balaban J connectivity index is 1.68. The normalized spacial score (nSPS) is 21.4. The molecule has 1 saturated heterocycles. The van der Waals surface area contributed by atoms with Crippen LogP contribution in [0.3, 0.4) is 0 Å². The van der Waals surface area contributed by atoms with Crippen molar-refractivity contribution < 1.29 is 5.11 Å². The number of aliphatic hydroxyl groups is 1. The number of anilines is 1. The number of pyridine rings is 1. The molecule has 1 aliphatic heterocycles. The minimum Gasteiger partial charge on any atom is -0.382 e. The van der Waals surface area contributed by atoms with Crippen molar-refractivity contribution in [3.8, 4) is 0 Å².